The molecule has 174 valence electrons. The minimum absolute atomic E-state index is 0.127. The smallest absolute Gasteiger partial charge is 0.259 e. The first-order valence-corrected chi connectivity index (χ1v) is 12.1. The summed E-state index contributed by atoms with van der Waals surface area (Å²) < 4.78 is 5.24. The number of rotatable bonds is 5. The Balaban J connectivity index is 1.34. The van der Waals surface area contributed by atoms with Crippen LogP contribution in [0.25, 0.3) is 0 Å². The molecule has 2 bridgehead atoms. The molecule has 0 N–H and O–H groups in total. The summed E-state index contributed by atoms with van der Waals surface area (Å²) in [7, 11) is 1.56. The Morgan fingerprint density at radius 1 is 0.971 bits per heavy atom. The number of likely N-dealkylation sites (tertiary alicyclic amines) is 1. The lowest BCUT2D eigenvalue weighted by Gasteiger charge is -2.37. The van der Waals surface area contributed by atoms with Crippen molar-refractivity contribution in [3.8, 4) is 5.75 Å². The highest BCUT2D eigenvalue weighted by Gasteiger charge is 2.67. The number of halogens is 2. The third-order valence-electron chi connectivity index (χ3n) is 7.83. The van der Waals surface area contributed by atoms with Gasteiger partial charge in [-0.2, -0.15) is 0 Å². The Bertz CT molecular complexity index is 1210. The normalized spacial score (nSPS) is 30.3. The molecule has 2 saturated carbocycles. The second-order valence-corrected chi connectivity index (χ2v) is 10.3. The number of methoxy groups -OCH3 is 1. The molecule has 7 rings (SSSR count). The number of nitrogens with zero attached hydrogens (tertiary/aromatic N) is 2. The van der Waals surface area contributed by atoms with Crippen molar-refractivity contribution in [1.29, 1.82) is 0 Å². The topological polar surface area (TPSA) is 66.9 Å². The van der Waals surface area contributed by atoms with Crippen LogP contribution in [0.1, 0.15) is 16.8 Å². The number of hydrogen-bond acceptors (Lipinski definition) is 4. The maximum absolute atomic E-state index is 13.6. The van der Waals surface area contributed by atoms with E-state index in [9.17, 15) is 14.4 Å². The number of amides is 3. The molecule has 0 unspecified atom stereocenters. The fourth-order valence-electron chi connectivity index (χ4n) is 6.11. The summed E-state index contributed by atoms with van der Waals surface area (Å²) in [6.07, 6.45) is 5.37. The molecular formula is C26H22Cl2N2O4. The van der Waals surface area contributed by atoms with E-state index in [-0.39, 0.29) is 53.1 Å². The molecule has 4 aliphatic carbocycles. The zero-order chi connectivity index (χ0) is 23.7. The van der Waals surface area contributed by atoms with E-state index in [1.165, 1.54) is 15.9 Å². The number of carbonyl (C=O) groups excluding carboxylic acids is 3. The third-order valence-corrected chi connectivity index (χ3v) is 8.57. The van der Waals surface area contributed by atoms with E-state index in [2.05, 4.69) is 12.2 Å². The van der Waals surface area contributed by atoms with E-state index in [1.807, 2.05) is 0 Å². The Morgan fingerprint density at radius 3 is 2.15 bits per heavy atom. The number of ether oxygens (including phenoxy) is 1. The van der Waals surface area contributed by atoms with Crippen molar-refractivity contribution in [3.63, 3.8) is 0 Å². The molecule has 1 saturated heterocycles. The molecule has 1 aliphatic heterocycles. The molecule has 5 aliphatic rings. The summed E-state index contributed by atoms with van der Waals surface area (Å²) in [5.74, 6) is 0.540. The molecule has 8 heteroatoms. The molecule has 6 nitrogen and oxygen atoms in total. The van der Waals surface area contributed by atoms with Gasteiger partial charge in [-0.1, -0.05) is 35.4 Å². The molecule has 3 fully saturated rings. The predicted octanol–water partition coefficient (Wildman–Crippen LogP) is 4.66. The van der Waals surface area contributed by atoms with Gasteiger partial charge in [-0.25, -0.2) is 0 Å². The van der Waals surface area contributed by atoms with Crippen molar-refractivity contribution in [2.45, 2.75) is 6.42 Å². The number of imide groups is 1. The third kappa shape index (κ3) is 3.19. The van der Waals surface area contributed by atoms with Crippen LogP contribution < -0.4 is 9.64 Å². The van der Waals surface area contributed by atoms with Crippen LogP contribution in [0, 0.1) is 35.5 Å². The molecule has 0 spiro atoms. The zero-order valence-electron chi connectivity index (χ0n) is 18.4. The van der Waals surface area contributed by atoms with Crippen LogP contribution >= 0.6 is 23.2 Å². The lowest BCUT2D eigenvalue weighted by molar-refractivity contribution is -0.140. The first kappa shape index (κ1) is 21.7. The summed E-state index contributed by atoms with van der Waals surface area (Å²) in [6.45, 7) is -0.162. The van der Waals surface area contributed by atoms with Crippen LogP contribution in [0.2, 0.25) is 10.0 Å². The van der Waals surface area contributed by atoms with Gasteiger partial charge in [0.1, 0.15) is 12.4 Å². The lowest BCUT2D eigenvalue weighted by atomic mass is 9.63. The predicted molar refractivity (Wildman–Crippen MR) is 128 cm³/mol. The van der Waals surface area contributed by atoms with Crippen molar-refractivity contribution in [3.05, 3.63) is 70.2 Å². The molecule has 2 aromatic rings. The van der Waals surface area contributed by atoms with Crippen molar-refractivity contribution in [2.75, 3.05) is 18.7 Å². The van der Waals surface area contributed by atoms with E-state index < -0.39 is 0 Å². The fourth-order valence-corrected chi connectivity index (χ4v) is 6.41. The molecular weight excluding hydrogens is 475 g/mol. The average molecular weight is 497 g/mol. The van der Waals surface area contributed by atoms with E-state index >= 15 is 0 Å². The quantitative estimate of drug-likeness (QED) is 0.445. The number of allylic oxidation sites excluding steroid dienone is 2. The Morgan fingerprint density at radius 2 is 1.59 bits per heavy atom. The largest absolute Gasteiger partial charge is 0.497 e. The highest BCUT2D eigenvalue weighted by molar-refractivity contribution is 6.42. The zero-order valence-corrected chi connectivity index (χ0v) is 19.9. The van der Waals surface area contributed by atoms with Crippen LogP contribution in [-0.2, 0) is 9.59 Å². The minimum atomic E-state index is -0.386. The van der Waals surface area contributed by atoms with Crippen molar-refractivity contribution in [2.24, 2.45) is 35.5 Å². The summed E-state index contributed by atoms with van der Waals surface area (Å²) >= 11 is 12.2. The summed E-state index contributed by atoms with van der Waals surface area (Å²) in [5, 5.41) is 0.591. The SMILES string of the molecule is COc1ccc(N(CN2C(=O)[C@@H]3[C@H]4C=C[C@@H]([C@@H]5C[C@@H]45)[C@@H]3C2=O)C(=O)c2ccc(Cl)c(Cl)c2)cc1. The van der Waals surface area contributed by atoms with E-state index in [1.54, 1.807) is 43.5 Å². The van der Waals surface area contributed by atoms with Crippen LogP contribution in [0.15, 0.2) is 54.6 Å². The van der Waals surface area contributed by atoms with Gasteiger partial charge in [-0.05, 0) is 72.6 Å². The molecule has 34 heavy (non-hydrogen) atoms. The van der Waals surface area contributed by atoms with Crippen LogP contribution in [-0.4, -0.2) is 36.4 Å². The second-order valence-electron chi connectivity index (χ2n) is 9.46. The monoisotopic (exact) mass is 496 g/mol. The van der Waals surface area contributed by atoms with Crippen molar-refractivity contribution < 1.29 is 19.1 Å². The van der Waals surface area contributed by atoms with Gasteiger partial charge in [-0.3, -0.25) is 24.2 Å². The van der Waals surface area contributed by atoms with Gasteiger partial charge in [0.25, 0.3) is 5.91 Å². The number of carbonyl (C=O) groups is 3. The minimum Gasteiger partial charge on any atom is -0.497 e. The van der Waals surface area contributed by atoms with Gasteiger partial charge >= 0.3 is 0 Å². The fraction of sp³-hybridized carbons (Fsp3) is 0.346. The molecule has 0 radical (unpaired) electrons. The molecule has 1 heterocycles. The summed E-state index contributed by atoms with van der Waals surface area (Å²) in [6, 6.07) is 11.6. The Hall–Kier alpha value is -2.83. The van der Waals surface area contributed by atoms with E-state index in [4.69, 9.17) is 27.9 Å². The van der Waals surface area contributed by atoms with E-state index in [0.29, 0.717) is 33.9 Å². The summed E-state index contributed by atoms with van der Waals surface area (Å²) in [5.41, 5.74) is 0.848. The Labute approximate surface area is 207 Å². The van der Waals surface area contributed by atoms with Gasteiger partial charge in [0, 0.05) is 11.3 Å². The molecule has 3 amide bonds. The first-order chi connectivity index (χ1) is 16.4. The standard InChI is InChI=1S/C26H22Cl2N2O4/c1-34-15-5-3-14(4-6-15)29(24(31)13-2-9-20(27)21(28)10-13)12-30-25(32)22-16-7-8-17(19-11-18(16)19)23(22)26(30)33/h2-10,16-19,22-23H,11-12H2,1H3/t16-,17-,18-,19-,22-,23+/m0/s1. The molecule has 0 aromatic heterocycles. The van der Waals surface area contributed by atoms with Gasteiger partial charge in [0.2, 0.25) is 11.8 Å². The second kappa shape index (κ2) is 7.85. The maximum atomic E-state index is 13.6. The van der Waals surface area contributed by atoms with Crippen LogP contribution in [0.5, 0.6) is 5.75 Å². The highest BCUT2D eigenvalue weighted by Crippen LogP contribution is 2.65. The highest BCUT2D eigenvalue weighted by atomic mass is 35.5. The number of anilines is 1. The van der Waals surface area contributed by atoms with E-state index in [0.717, 1.165) is 6.42 Å². The molecule has 2 aromatic carbocycles. The van der Waals surface area contributed by atoms with Gasteiger partial charge in [-0.15, -0.1) is 0 Å². The first-order valence-electron chi connectivity index (χ1n) is 11.3. The molecule has 6 atom stereocenters. The van der Waals surface area contributed by atoms with Crippen LogP contribution in [0.4, 0.5) is 5.69 Å². The maximum Gasteiger partial charge on any atom is 0.259 e. The van der Waals surface area contributed by atoms with Crippen LogP contribution in [0.3, 0.4) is 0 Å². The lowest BCUT2D eigenvalue weighted by Crippen LogP contribution is -2.45. The van der Waals surface area contributed by atoms with Crippen molar-refractivity contribution >= 4 is 46.6 Å². The Kier molecular flexibility index (Phi) is 5.01. The average Bonchev–Trinajstić information content (AvgIpc) is 3.64. The van der Waals surface area contributed by atoms with Gasteiger partial charge in [0.15, 0.2) is 0 Å². The van der Waals surface area contributed by atoms with Crippen molar-refractivity contribution in [1.82, 2.24) is 4.90 Å². The van der Waals surface area contributed by atoms with Gasteiger partial charge in [0.05, 0.1) is 29.0 Å². The number of hydrogen-bond donors (Lipinski definition) is 0. The summed E-state index contributed by atoms with van der Waals surface area (Å²) in [4.78, 5) is 43.3. The number of benzene rings is 2. The van der Waals surface area contributed by atoms with Gasteiger partial charge < -0.3 is 4.74 Å².